The number of nitrogens with zero attached hydrogens (tertiary/aromatic N) is 6. The molecule has 0 saturated heterocycles. The van der Waals surface area contributed by atoms with Crippen molar-refractivity contribution in [3.63, 3.8) is 0 Å². The quantitative estimate of drug-likeness (QED) is 0.339. The summed E-state index contributed by atoms with van der Waals surface area (Å²) in [5.41, 5.74) is 5.88. The molecule has 0 saturated carbocycles. The van der Waals surface area contributed by atoms with Gasteiger partial charge in [0.2, 0.25) is 0 Å². The number of carbonyl (C=O) groups excluding carboxylic acids is 1. The minimum Gasteiger partial charge on any atom is -0.484 e. The third-order valence-electron chi connectivity index (χ3n) is 6.30. The Morgan fingerprint density at radius 1 is 0.973 bits per heavy atom. The molecule has 5 rings (SSSR count). The van der Waals surface area contributed by atoms with Crippen LogP contribution in [0.15, 0.2) is 61.1 Å². The normalized spacial score (nSPS) is 11.3. The van der Waals surface area contributed by atoms with E-state index < -0.39 is 0 Å². The minimum atomic E-state index is -0.301. The van der Waals surface area contributed by atoms with Gasteiger partial charge in [0, 0.05) is 6.07 Å². The Hall–Kier alpha value is -4.53. The van der Waals surface area contributed by atoms with Gasteiger partial charge in [0.25, 0.3) is 5.91 Å². The van der Waals surface area contributed by atoms with Crippen molar-refractivity contribution in [2.75, 3.05) is 11.9 Å². The lowest BCUT2D eigenvalue weighted by Crippen LogP contribution is -2.22. The predicted molar refractivity (Wildman–Crippen MR) is 143 cm³/mol. The molecule has 0 atom stereocenters. The molecule has 0 unspecified atom stereocenters. The SMILES string of the molecule is Cc1cc(NC(=O)COc2ccc(C(C)C)cc2)n(-c2ncnc3c2cnn3-c2ccc(C)c(C)c2)n1. The lowest BCUT2D eigenvalue weighted by molar-refractivity contribution is -0.118. The number of hydrogen-bond acceptors (Lipinski definition) is 6. The van der Waals surface area contributed by atoms with Gasteiger partial charge in [-0.25, -0.2) is 14.6 Å². The third-order valence-corrected chi connectivity index (χ3v) is 6.30. The van der Waals surface area contributed by atoms with Gasteiger partial charge in [0.05, 0.1) is 23.0 Å². The van der Waals surface area contributed by atoms with Crippen LogP contribution >= 0.6 is 0 Å². The topological polar surface area (TPSA) is 99.7 Å². The van der Waals surface area contributed by atoms with E-state index in [0.29, 0.717) is 34.3 Å². The second-order valence-electron chi connectivity index (χ2n) is 9.40. The summed E-state index contributed by atoms with van der Waals surface area (Å²) in [6, 6.07) is 15.7. The van der Waals surface area contributed by atoms with Crippen molar-refractivity contribution in [1.82, 2.24) is 29.5 Å². The van der Waals surface area contributed by atoms with Gasteiger partial charge < -0.3 is 10.1 Å². The molecule has 5 aromatic rings. The first-order chi connectivity index (χ1) is 17.8. The summed E-state index contributed by atoms with van der Waals surface area (Å²) < 4.78 is 9.06. The summed E-state index contributed by atoms with van der Waals surface area (Å²) in [6.07, 6.45) is 3.19. The fraction of sp³-hybridized carbons (Fsp3) is 0.250. The van der Waals surface area contributed by atoms with Crippen LogP contribution in [0.5, 0.6) is 5.75 Å². The number of nitrogens with one attached hydrogen (secondary N) is 1. The maximum atomic E-state index is 12.7. The molecule has 0 aliphatic rings. The average molecular weight is 496 g/mol. The van der Waals surface area contributed by atoms with Gasteiger partial charge in [-0.05, 0) is 67.6 Å². The summed E-state index contributed by atoms with van der Waals surface area (Å²) in [5.74, 6) is 1.78. The standard InChI is InChI=1S/C28H29N7O2/c1-17(2)21-7-10-23(11-8-21)37-15-26(36)32-25-13-20(5)33-35(25)28-24-14-31-34(27(24)29-16-30-28)22-9-6-18(3)19(4)12-22/h6-14,16-17H,15H2,1-5H3,(H,32,36). The number of ether oxygens (including phenoxy) is 1. The van der Waals surface area contributed by atoms with Crippen LogP contribution in [0.25, 0.3) is 22.5 Å². The number of aryl methyl sites for hydroxylation is 3. The van der Waals surface area contributed by atoms with E-state index in [0.717, 1.165) is 11.4 Å². The molecule has 0 spiro atoms. The number of benzene rings is 2. The second-order valence-corrected chi connectivity index (χ2v) is 9.40. The number of aromatic nitrogens is 6. The van der Waals surface area contributed by atoms with Crippen molar-refractivity contribution in [2.24, 2.45) is 0 Å². The lowest BCUT2D eigenvalue weighted by atomic mass is 10.0. The Labute approximate surface area is 215 Å². The molecule has 9 nitrogen and oxygen atoms in total. The number of amides is 1. The summed E-state index contributed by atoms with van der Waals surface area (Å²) in [4.78, 5) is 21.7. The number of carbonyl (C=O) groups is 1. The molecule has 0 radical (unpaired) electrons. The van der Waals surface area contributed by atoms with Crippen LogP contribution in [0.1, 0.15) is 42.1 Å². The van der Waals surface area contributed by atoms with Crippen LogP contribution in [0, 0.1) is 20.8 Å². The summed E-state index contributed by atoms with van der Waals surface area (Å²) in [6.45, 7) is 10.1. The zero-order valence-corrected chi connectivity index (χ0v) is 21.6. The zero-order valence-electron chi connectivity index (χ0n) is 21.6. The van der Waals surface area contributed by atoms with E-state index in [-0.39, 0.29) is 12.5 Å². The molecular weight excluding hydrogens is 466 g/mol. The van der Waals surface area contributed by atoms with Gasteiger partial charge in [-0.3, -0.25) is 4.79 Å². The molecule has 0 bridgehead atoms. The van der Waals surface area contributed by atoms with Gasteiger partial charge in [-0.1, -0.05) is 32.0 Å². The van der Waals surface area contributed by atoms with Crippen molar-refractivity contribution in [3.8, 4) is 17.3 Å². The van der Waals surface area contributed by atoms with Gasteiger partial charge in [0.1, 0.15) is 17.9 Å². The molecule has 0 fully saturated rings. The maximum Gasteiger partial charge on any atom is 0.263 e. The van der Waals surface area contributed by atoms with Crippen molar-refractivity contribution in [2.45, 2.75) is 40.5 Å². The van der Waals surface area contributed by atoms with Crippen LogP contribution in [0.4, 0.5) is 5.82 Å². The molecule has 9 heteroatoms. The molecule has 3 heterocycles. The Morgan fingerprint density at radius 3 is 2.49 bits per heavy atom. The molecular formula is C28H29N7O2. The Morgan fingerprint density at radius 2 is 1.76 bits per heavy atom. The number of rotatable bonds is 7. The highest BCUT2D eigenvalue weighted by Crippen LogP contribution is 2.25. The predicted octanol–water partition coefficient (Wildman–Crippen LogP) is 5.07. The highest BCUT2D eigenvalue weighted by Gasteiger charge is 2.18. The third kappa shape index (κ3) is 4.93. The molecule has 0 aliphatic carbocycles. The summed E-state index contributed by atoms with van der Waals surface area (Å²) in [5, 5.41) is 12.7. The average Bonchev–Trinajstić information content (AvgIpc) is 3.48. The van der Waals surface area contributed by atoms with E-state index in [1.807, 2.05) is 37.3 Å². The molecule has 1 amide bonds. The van der Waals surface area contributed by atoms with Crippen molar-refractivity contribution < 1.29 is 9.53 Å². The van der Waals surface area contributed by atoms with Crippen molar-refractivity contribution >= 4 is 22.8 Å². The Kier molecular flexibility index (Phi) is 6.43. The van der Waals surface area contributed by atoms with Crippen LogP contribution in [-0.2, 0) is 4.79 Å². The molecule has 37 heavy (non-hydrogen) atoms. The van der Waals surface area contributed by atoms with E-state index in [2.05, 4.69) is 65.3 Å². The van der Waals surface area contributed by atoms with Gasteiger partial charge in [-0.15, -0.1) is 0 Å². The zero-order chi connectivity index (χ0) is 26.1. The fourth-order valence-electron chi connectivity index (χ4n) is 4.07. The largest absolute Gasteiger partial charge is 0.484 e. The molecule has 2 aromatic carbocycles. The smallest absolute Gasteiger partial charge is 0.263 e. The van der Waals surface area contributed by atoms with Crippen LogP contribution in [0.3, 0.4) is 0 Å². The number of fused-ring (bicyclic) bond motifs is 1. The first kappa shape index (κ1) is 24.2. The molecule has 1 N–H and O–H groups in total. The first-order valence-electron chi connectivity index (χ1n) is 12.2. The molecule has 0 aliphatic heterocycles. The highest BCUT2D eigenvalue weighted by molar-refractivity contribution is 5.92. The van der Waals surface area contributed by atoms with E-state index in [4.69, 9.17) is 4.74 Å². The van der Waals surface area contributed by atoms with E-state index >= 15 is 0 Å². The van der Waals surface area contributed by atoms with E-state index in [1.54, 1.807) is 21.6 Å². The number of anilines is 1. The van der Waals surface area contributed by atoms with Crippen molar-refractivity contribution in [3.05, 3.63) is 83.4 Å². The lowest BCUT2D eigenvalue weighted by Gasteiger charge is -2.11. The van der Waals surface area contributed by atoms with Crippen LogP contribution in [0.2, 0.25) is 0 Å². The van der Waals surface area contributed by atoms with E-state index in [1.165, 1.54) is 23.0 Å². The van der Waals surface area contributed by atoms with Crippen molar-refractivity contribution in [1.29, 1.82) is 0 Å². The van der Waals surface area contributed by atoms with Gasteiger partial charge in [-0.2, -0.15) is 14.9 Å². The van der Waals surface area contributed by atoms with E-state index in [9.17, 15) is 4.79 Å². The Balaban J connectivity index is 1.39. The number of hydrogen-bond donors (Lipinski definition) is 1. The minimum absolute atomic E-state index is 0.130. The summed E-state index contributed by atoms with van der Waals surface area (Å²) >= 11 is 0. The van der Waals surface area contributed by atoms with Crippen LogP contribution in [-0.4, -0.2) is 42.0 Å². The summed E-state index contributed by atoms with van der Waals surface area (Å²) in [7, 11) is 0. The maximum absolute atomic E-state index is 12.7. The fourth-order valence-corrected chi connectivity index (χ4v) is 4.07. The van der Waals surface area contributed by atoms with Gasteiger partial charge >= 0.3 is 0 Å². The second kappa shape index (κ2) is 9.85. The monoisotopic (exact) mass is 495 g/mol. The highest BCUT2D eigenvalue weighted by atomic mass is 16.5. The molecule has 3 aromatic heterocycles. The Bertz CT molecular complexity index is 1580. The first-order valence-corrected chi connectivity index (χ1v) is 12.2. The molecule has 188 valence electrons. The van der Waals surface area contributed by atoms with Crippen LogP contribution < -0.4 is 10.1 Å². The van der Waals surface area contributed by atoms with Gasteiger partial charge in [0.15, 0.2) is 18.1 Å².